The molecule has 2 heterocycles. The molecule has 0 spiro atoms. The predicted octanol–water partition coefficient (Wildman–Crippen LogP) is 2.78. The van der Waals surface area contributed by atoms with Gasteiger partial charge in [0.25, 0.3) is 0 Å². The molecule has 2 fully saturated rings. The third kappa shape index (κ3) is 6.04. The lowest BCUT2D eigenvalue weighted by molar-refractivity contribution is -0.100. The molecule has 8 heteroatoms. The molecule has 2 aromatic carbocycles. The monoisotopic (exact) mass is 459 g/mol. The number of ether oxygens (including phenoxy) is 4. The number of fused-ring (bicyclic) bond motifs is 1. The Kier molecular flexibility index (Phi) is 7.72. The maximum absolute atomic E-state index is 11.7. The number of rotatable bonds is 11. The third-order valence-corrected chi connectivity index (χ3v) is 6.67. The Morgan fingerprint density at radius 3 is 2.31 bits per heavy atom. The molecule has 2 aliphatic rings. The molecule has 0 unspecified atom stereocenters. The summed E-state index contributed by atoms with van der Waals surface area (Å²) >= 11 is 0. The lowest BCUT2D eigenvalue weighted by Gasteiger charge is -2.24. The zero-order valence-electron chi connectivity index (χ0n) is 17.8. The summed E-state index contributed by atoms with van der Waals surface area (Å²) in [6.07, 6.45) is -0.708. The van der Waals surface area contributed by atoms with E-state index in [0.29, 0.717) is 26.2 Å². The fourth-order valence-electron chi connectivity index (χ4n) is 4.06. The van der Waals surface area contributed by atoms with Gasteiger partial charge < -0.3 is 18.9 Å². The average Bonchev–Trinajstić information content (AvgIpc) is 3.35. The molecule has 172 valence electrons. The summed E-state index contributed by atoms with van der Waals surface area (Å²) in [5.74, 6) is 0. The molecule has 0 bridgehead atoms. The summed E-state index contributed by atoms with van der Waals surface area (Å²) in [5.41, 5.74) is 2.16. The van der Waals surface area contributed by atoms with Crippen LogP contribution in [0.2, 0.25) is 0 Å². The lowest BCUT2D eigenvalue weighted by atomic mass is 10.1. The first-order chi connectivity index (χ1) is 15.5. The zero-order valence-corrected chi connectivity index (χ0v) is 18.7. The second-order valence-electron chi connectivity index (χ2n) is 7.99. The van der Waals surface area contributed by atoms with Crippen molar-refractivity contribution in [2.24, 2.45) is 0 Å². The molecule has 2 aliphatic heterocycles. The van der Waals surface area contributed by atoms with E-state index in [9.17, 15) is 8.42 Å². The highest BCUT2D eigenvalue weighted by molar-refractivity contribution is 7.92. The Bertz CT molecular complexity index is 968. The SMILES string of the molecule is C=CS(=O)(=O)NC[C@H]1C[C@@H]2O[C@H](COCc3ccccc3)[C@@H](OCc3ccccc3)[C@@H]2O1. The molecule has 0 aromatic heterocycles. The fraction of sp³-hybridized carbons (Fsp3) is 0.417. The smallest absolute Gasteiger partial charge is 0.233 e. The van der Waals surface area contributed by atoms with Crippen LogP contribution in [-0.2, 0) is 42.2 Å². The van der Waals surface area contributed by atoms with E-state index in [2.05, 4.69) is 11.3 Å². The van der Waals surface area contributed by atoms with Crippen LogP contribution in [0.3, 0.4) is 0 Å². The van der Waals surface area contributed by atoms with Crippen LogP contribution in [0.4, 0.5) is 0 Å². The van der Waals surface area contributed by atoms with Crippen LogP contribution in [0.5, 0.6) is 0 Å². The van der Waals surface area contributed by atoms with Crippen molar-refractivity contribution in [2.75, 3.05) is 13.2 Å². The Balaban J connectivity index is 1.36. The minimum Gasteiger partial charge on any atom is -0.374 e. The van der Waals surface area contributed by atoms with Crippen molar-refractivity contribution in [3.8, 4) is 0 Å². The highest BCUT2D eigenvalue weighted by Crippen LogP contribution is 2.36. The normalized spacial score (nSPS) is 27.3. The van der Waals surface area contributed by atoms with Gasteiger partial charge in [0, 0.05) is 18.4 Å². The fourth-order valence-corrected chi connectivity index (χ4v) is 4.60. The van der Waals surface area contributed by atoms with Crippen LogP contribution in [0.1, 0.15) is 17.5 Å². The molecule has 1 N–H and O–H groups in total. The van der Waals surface area contributed by atoms with Crippen molar-refractivity contribution in [1.82, 2.24) is 4.72 Å². The van der Waals surface area contributed by atoms with Crippen molar-refractivity contribution in [1.29, 1.82) is 0 Å². The first-order valence-electron chi connectivity index (χ1n) is 10.7. The molecule has 2 aromatic rings. The maximum Gasteiger partial charge on any atom is 0.233 e. The Morgan fingerprint density at radius 1 is 1.00 bits per heavy atom. The van der Waals surface area contributed by atoms with Gasteiger partial charge in [-0.1, -0.05) is 67.2 Å². The first-order valence-corrected chi connectivity index (χ1v) is 12.3. The number of hydrogen-bond acceptors (Lipinski definition) is 6. The van der Waals surface area contributed by atoms with Crippen LogP contribution in [0, 0.1) is 0 Å². The summed E-state index contributed by atoms with van der Waals surface area (Å²) in [7, 11) is -3.50. The van der Waals surface area contributed by atoms with Crippen LogP contribution in [0.25, 0.3) is 0 Å². The molecule has 32 heavy (non-hydrogen) atoms. The predicted molar refractivity (Wildman–Crippen MR) is 120 cm³/mol. The van der Waals surface area contributed by atoms with Crippen molar-refractivity contribution < 1.29 is 27.4 Å². The molecule has 4 rings (SSSR count). The second kappa shape index (κ2) is 10.7. The molecular weight excluding hydrogens is 430 g/mol. The lowest BCUT2D eigenvalue weighted by Crippen LogP contribution is -2.39. The molecule has 0 amide bonds. The van der Waals surface area contributed by atoms with Crippen molar-refractivity contribution in [3.05, 3.63) is 83.8 Å². The van der Waals surface area contributed by atoms with Crippen molar-refractivity contribution in [3.63, 3.8) is 0 Å². The molecule has 5 atom stereocenters. The van der Waals surface area contributed by atoms with E-state index in [0.717, 1.165) is 16.5 Å². The first kappa shape index (κ1) is 23.1. The average molecular weight is 460 g/mol. The molecule has 0 saturated carbocycles. The Labute approximate surface area is 189 Å². The van der Waals surface area contributed by atoms with Gasteiger partial charge in [-0.25, -0.2) is 13.1 Å². The number of benzene rings is 2. The van der Waals surface area contributed by atoms with Gasteiger partial charge in [-0.15, -0.1) is 0 Å². The zero-order chi connectivity index (χ0) is 22.4. The molecule has 0 radical (unpaired) electrons. The van der Waals surface area contributed by atoms with Crippen LogP contribution in [-0.4, -0.2) is 52.1 Å². The van der Waals surface area contributed by atoms with Gasteiger partial charge in [0.1, 0.15) is 18.3 Å². The topological polar surface area (TPSA) is 83.1 Å². The standard InChI is InChI=1S/C24H29NO6S/c1-2-32(26,27)25-14-20-13-21-24(30-20)23(29-16-19-11-7-4-8-12-19)22(31-21)17-28-15-18-9-5-3-6-10-18/h2-12,20-25H,1,13-17H2/t20-,21+,22-,23-,24-/m1/s1. The van der Waals surface area contributed by atoms with E-state index in [1.807, 2.05) is 60.7 Å². The summed E-state index contributed by atoms with van der Waals surface area (Å²) in [6.45, 7) is 4.80. The summed E-state index contributed by atoms with van der Waals surface area (Å²) < 4.78 is 50.4. The molecular formula is C24H29NO6S. The maximum atomic E-state index is 11.7. The minimum absolute atomic E-state index is 0.167. The van der Waals surface area contributed by atoms with E-state index in [4.69, 9.17) is 18.9 Å². The molecule has 0 aliphatic carbocycles. The number of nitrogens with one attached hydrogen (secondary N) is 1. The van der Waals surface area contributed by atoms with Crippen molar-refractivity contribution >= 4 is 10.0 Å². The van der Waals surface area contributed by atoms with Gasteiger partial charge in [0.2, 0.25) is 10.0 Å². The van der Waals surface area contributed by atoms with E-state index in [-0.39, 0.29) is 37.1 Å². The van der Waals surface area contributed by atoms with Crippen LogP contribution in [0.15, 0.2) is 72.7 Å². The van der Waals surface area contributed by atoms with Gasteiger partial charge in [-0.2, -0.15) is 0 Å². The number of hydrogen-bond donors (Lipinski definition) is 1. The quantitative estimate of drug-likeness (QED) is 0.556. The largest absolute Gasteiger partial charge is 0.374 e. The van der Waals surface area contributed by atoms with E-state index in [1.165, 1.54) is 0 Å². The number of sulfonamides is 1. The van der Waals surface area contributed by atoms with Gasteiger partial charge in [-0.3, -0.25) is 0 Å². The second-order valence-corrected chi connectivity index (χ2v) is 9.71. The van der Waals surface area contributed by atoms with Gasteiger partial charge in [0.05, 0.1) is 32.0 Å². The van der Waals surface area contributed by atoms with Crippen LogP contribution >= 0.6 is 0 Å². The summed E-state index contributed by atoms with van der Waals surface area (Å²) in [6, 6.07) is 19.9. The van der Waals surface area contributed by atoms with Gasteiger partial charge >= 0.3 is 0 Å². The van der Waals surface area contributed by atoms with Gasteiger partial charge in [0.15, 0.2) is 0 Å². The highest BCUT2D eigenvalue weighted by atomic mass is 32.2. The van der Waals surface area contributed by atoms with Crippen LogP contribution < -0.4 is 4.72 Å². The van der Waals surface area contributed by atoms with E-state index in [1.54, 1.807) is 0 Å². The van der Waals surface area contributed by atoms with Gasteiger partial charge in [-0.05, 0) is 11.1 Å². The summed E-state index contributed by atoms with van der Waals surface area (Å²) in [4.78, 5) is 0. The third-order valence-electron chi connectivity index (χ3n) is 5.66. The Hall–Kier alpha value is -2.07. The molecule has 7 nitrogen and oxygen atoms in total. The van der Waals surface area contributed by atoms with E-state index >= 15 is 0 Å². The Morgan fingerprint density at radius 2 is 1.66 bits per heavy atom. The highest BCUT2D eigenvalue weighted by Gasteiger charge is 2.51. The van der Waals surface area contributed by atoms with Crippen molar-refractivity contribution in [2.45, 2.75) is 50.2 Å². The minimum atomic E-state index is -3.50. The molecule has 2 saturated heterocycles. The summed E-state index contributed by atoms with van der Waals surface area (Å²) in [5, 5.41) is 0.894. The van der Waals surface area contributed by atoms with E-state index < -0.39 is 10.0 Å².